The number of carbonyl (C=O) groups is 1. The molecule has 0 saturated heterocycles. The van der Waals surface area contributed by atoms with Crippen LogP contribution in [0.1, 0.15) is 44.1 Å². The predicted molar refractivity (Wildman–Crippen MR) is 86.9 cm³/mol. The number of amides is 1. The summed E-state index contributed by atoms with van der Waals surface area (Å²) in [5.41, 5.74) is 1.37. The van der Waals surface area contributed by atoms with Gasteiger partial charge >= 0.3 is 0 Å². The Kier molecular flexibility index (Phi) is 3.51. The SMILES string of the molecule is O=C(/C=C/c1cccnc1)NCC12CC3CC(CC(C3)C1)C2. The predicted octanol–water partition coefficient (Wildman–Crippen LogP) is 3.43. The summed E-state index contributed by atoms with van der Waals surface area (Å²) < 4.78 is 0. The first-order valence-corrected chi connectivity index (χ1v) is 8.57. The molecular formula is C19H24N2O. The van der Waals surface area contributed by atoms with Crippen molar-refractivity contribution in [3.05, 3.63) is 36.2 Å². The van der Waals surface area contributed by atoms with Crippen molar-refractivity contribution >= 4 is 12.0 Å². The van der Waals surface area contributed by atoms with Gasteiger partial charge in [-0.2, -0.15) is 0 Å². The molecule has 3 heteroatoms. The minimum absolute atomic E-state index is 0.0274. The van der Waals surface area contributed by atoms with E-state index in [2.05, 4.69) is 10.3 Å². The van der Waals surface area contributed by atoms with Crippen molar-refractivity contribution in [2.24, 2.45) is 23.2 Å². The summed E-state index contributed by atoms with van der Waals surface area (Å²) >= 11 is 0. The third-order valence-electron chi connectivity index (χ3n) is 5.91. The highest BCUT2D eigenvalue weighted by molar-refractivity contribution is 5.91. The molecule has 4 aliphatic carbocycles. The number of pyridine rings is 1. The average molecular weight is 296 g/mol. The highest BCUT2D eigenvalue weighted by Gasteiger charge is 2.50. The molecule has 3 nitrogen and oxygen atoms in total. The van der Waals surface area contributed by atoms with E-state index in [1.807, 2.05) is 18.2 Å². The van der Waals surface area contributed by atoms with Gasteiger partial charge in [0.15, 0.2) is 0 Å². The summed E-state index contributed by atoms with van der Waals surface area (Å²) in [5.74, 6) is 2.84. The second-order valence-electron chi connectivity index (χ2n) is 7.76. The summed E-state index contributed by atoms with van der Waals surface area (Å²) in [7, 11) is 0. The second kappa shape index (κ2) is 5.53. The van der Waals surface area contributed by atoms with E-state index in [4.69, 9.17) is 0 Å². The lowest BCUT2D eigenvalue weighted by molar-refractivity contribution is -0.118. The van der Waals surface area contributed by atoms with Gasteiger partial charge in [-0.3, -0.25) is 9.78 Å². The number of rotatable bonds is 4. The van der Waals surface area contributed by atoms with Crippen molar-refractivity contribution in [2.45, 2.75) is 38.5 Å². The highest BCUT2D eigenvalue weighted by atomic mass is 16.1. The lowest BCUT2D eigenvalue weighted by Gasteiger charge is -2.56. The van der Waals surface area contributed by atoms with Gasteiger partial charge in [0.25, 0.3) is 0 Å². The molecule has 1 N–H and O–H groups in total. The van der Waals surface area contributed by atoms with E-state index in [1.165, 1.54) is 38.5 Å². The molecule has 0 aromatic carbocycles. The van der Waals surface area contributed by atoms with Crippen molar-refractivity contribution in [3.8, 4) is 0 Å². The third kappa shape index (κ3) is 2.81. The van der Waals surface area contributed by atoms with Crippen molar-refractivity contribution < 1.29 is 4.79 Å². The minimum Gasteiger partial charge on any atom is -0.352 e. The summed E-state index contributed by atoms with van der Waals surface area (Å²) in [5, 5.41) is 3.16. The molecule has 1 amide bonds. The van der Waals surface area contributed by atoms with Crippen LogP contribution in [-0.2, 0) is 4.79 Å². The van der Waals surface area contributed by atoms with E-state index in [0.29, 0.717) is 5.41 Å². The number of nitrogens with zero attached hydrogens (tertiary/aromatic N) is 1. The first-order valence-electron chi connectivity index (χ1n) is 8.57. The zero-order valence-corrected chi connectivity index (χ0v) is 13.0. The lowest BCUT2D eigenvalue weighted by Crippen LogP contribution is -2.51. The maximum atomic E-state index is 12.1. The lowest BCUT2D eigenvalue weighted by atomic mass is 9.49. The molecule has 1 aromatic heterocycles. The zero-order chi connectivity index (χ0) is 15.0. The molecule has 4 fully saturated rings. The first-order chi connectivity index (χ1) is 10.7. The largest absolute Gasteiger partial charge is 0.352 e. The van der Waals surface area contributed by atoms with Crippen molar-refractivity contribution in [1.29, 1.82) is 0 Å². The molecule has 5 rings (SSSR count). The Hall–Kier alpha value is -1.64. The van der Waals surface area contributed by atoms with Crippen LogP contribution in [0.3, 0.4) is 0 Å². The van der Waals surface area contributed by atoms with E-state index in [-0.39, 0.29) is 5.91 Å². The van der Waals surface area contributed by atoms with Gasteiger partial charge in [-0.05, 0) is 79.4 Å². The quantitative estimate of drug-likeness (QED) is 0.865. The minimum atomic E-state index is 0.0274. The first kappa shape index (κ1) is 14.0. The number of nitrogens with one attached hydrogen (secondary N) is 1. The Morgan fingerprint density at radius 2 is 1.91 bits per heavy atom. The van der Waals surface area contributed by atoms with Gasteiger partial charge in [-0.25, -0.2) is 0 Å². The van der Waals surface area contributed by atoms with Crippen LogP contribution in [0, 0.1) is 23.2 Å². The molecule has 0 radical (unpaired) electrons. The zero-order valence-electron chi connectivity index (χ0n) is 13.0. The van der Waals surface area contributed by atoms with Crippen LogP contribution in [-0.4, -0.2) is 17.4 Å². The number of hydrogen-bond acceptors (Lipinski definition) is 2. The molecule has 0 spiro atoms. The van der Waals surface area contributed by atoms with E-state index in [1.54, 1.807) is 18.5 Å². The molecule has 4 bridgehead atoms. The summed E-state index contributed by atoms with van der Waals surface area (Å²) in [6.45, 7) is 0.868. The van der Waals surface area contributed by atoms with Crippen molar-refractivity contribution in [3.63, 3.8) is 0 Å². The van der Waals surface area contributed by atoms with E-state index < -0.39 is 0 Å². The average Bonchev–Trinajstić information content (AvgIpc) is 2.51. The fourth-order valence-corrected chi connectivity index (χ4v) is 5.49. The van der Waals surface area contributed by atoms with Crippen LogP contribution >= 0.6 is 0 Å². The van der Waals surface area contributed by atoms with Crippen molar-refractivity contribution in [2.75, 3.05) is 6.54 Å². The molecule has 116 valence electrons. The molecular weight excluding hydrogens is 272 g/mol. The van der Waals surface area contributed by atoms with E-state index >= 15 is 0 Å². The number of hydrogen-bond donors (Lipinski definition) is 1. The molecule has 0 unspecified atom stereocenters. The maximum Gasteiger partial charge on any atom is 0.244 e. The van der Waals surface area contributed by atoms with Gasteiger partial charge in [-0.1, -0.05) is 6.07 Å². The van der Waals surface area contributed by atoms with Gasteiger partial charge in [0, 0.05) is 25.0 Å². The maximum absolute atomic E-state index is 12.1. The van der Waals surface area contributed by atoms with Crippen molar-refractivity contribution in [1.82, 2.24) is 10.3 Å². The Balaban J connectivity index is 1.35. The van der Waals surface area contributed by atoms with Gasteiger partial charge in [0.1, 0.15) is 0 Å². The normalized spacial score (nSPS) is 35.9. The summed E-state index contributed by atoms with van der Waals surface area (Å²) in [6.07, 6.45) is 15.4. The van der Waals surface area contributed by atoms with Crippen LogP contribution in [0.4, 0.5) is 0 Å². The van der Waals surface area contributed by atoms with Crippen LogP contribution in [0.25, 0.3) is 6.08 Å². The molecule has 1 aromatic rings. The molecule has 22 heavy (non-hydrogen) atoms. The number of aromatic nitrogens is 1. The summed E-state index contributed by atoms with van der Waals surface area (Å²) in [6, 6.07) is 3.84. The fraction of sp³-hybridized carbons (Fsp3) is 0.579. The molecule has 4 saturated carbocycles. The smallest absolute Gasteiger partial charge is 0.244 e. The Labute approximate surface area is 132 Å². The van der Waals surface area contributed by atoms with E-state index in [9.17, 15) is 4.79 Å². The molecule has 0 aliphatic heterocycles. The van der Waals surface area contributed by atoms with Crippen LogP contribution in [0.2, 0.25) is 0 Å². The monoisotopic (exact) mass is 296 g/mol. The Morgan fingerprint density at radius 1 is 1.23 bits per heavy atom. The highest BCUT2D eigenvalue weighted by Crippen LogP contribution is 2.59. The van der Waals surface area contributed by atoms with Crippen LogP contribution in [0.5, 0.6) is 0 Å². The van der Waals surface area contributed by atoms with E-state index in [0.717, 1.165) is 29.9 Å². The van der Waals surface area contributed by atoms with Gasteiger partial charge < -0.3 is 5.32 Å². The Bertz CT molecular complexity index is 543. The van der Waals surface area contributed by atoms with Crippen LogP contribution in [0.15, 0.2) is 30.6 Å². The van der Waals surface area contributed by atoms with Gasteiger partial charge in [0.2, 0.25) is 5.91 Å². The summed E-state index contributed by atoms with van der Waals surface area (Å²) in [4.78, 5) is 16.1. The topological polar surface area (TPSA) is 42.0 Å². The molecule has 4 aliphatic rings. The fourth-order valence-electron chi connectivity index (χ4n) is 5.49. The second-order valence-corrected chi connectivity index (χ2v) is 7.76. The molecule has 0 atom stereocenters. The van der Waals surface area contributed by atoms with Gasteiger partial charge in [0.05, 0.1) is 0 Å². The van der Waals surface area contributed by atoms with Gasteiger partial charge in [-0.15, -0.1) is 0 Å². The molecule has 1 heterocycles. The Morgan fingerprint density at radius 3 is 2.50 bits per heavy atom. The standard InChI is InChI=1S/C19H24N2O/c22-18(4-3-14-2-1-5-20-12-14)21-13-19-9-15-6-16(10-19)8-17(7-15)11-19/h1-5,12,15-17H,6-11,13H2,(H,21,22)/b4-3+. The number of carbonyl (C=O) groups excluding carboxylic acids is 1. The van der Waals surface area contributed by atoms with Crippen LogP contribution < -0.4 is 5.32 Å². The third-order valence-corrected chi connectivity index (χ3v) is 5.91.